The predicted molar refractivity (Wildman–Crippen MR) is 76.0 cm³/mol. The highest BCUT2D eigenvalue weighted by Gasteiger charge is 2.27. The van der Waals surface area contributed by atoms with Crippen molar-refractivity contribution in [3.05, 3.63) is 0 Å². The summed E-state index contributed by atoms with van der Waals surface area (Å²) in [5.74, 6) is 0.469. The third-order valence-corrected chi connectivity index (χ3v) is 4.06. The Labute approximate surface area is 120 Å². The summed E-state index contributed by atoms with van der Waals surface area (Å²) in [6.45, 7) is 1.57. The van der Waals surface area contributed by atoms with E-state index >= 15 is 0 Å². The van der Waals surface area contributed by atoms with Gasteiger partial charge in [-0.3, -0.25) is 9.59 Å². The lowest BCUT2D eigenvalue weighted by Crippen LogP contribution is -2.48. The molecule has 1 saturated carbocycles. The maximum absolute atomic E-state index is 11.9. The molecule has 6 heteroatoms. The molecule has 0 bridgehead atoms. The molecule has 1 heterocycles. The fourth-order valence-corrected chi connectivity index (χ4v) is 2.98. The fraction of sp³-hybridized carbons (Fsp3) is 0.846. The molecule has 5 nitrogen and oxygen atoms in total. The summed E-state index contributed by atoms with van der Waals surface area (Å²) in [4.78, 5) is 25.0. The number of halogens is 1. The molecule has 2 atom stereocenters. The van der Waals surface area contributed by atoms with E-state index in [1.807, 2.05) is 0 Å². The highest BCUT2D eigenvalue weighted by Crippen LogP contribution is 2.23. The number of amides is 2. The van der Waals surface area contributed by atoms with Gasteiger partial charge in [-0.2, -0.15) is 0 Å². The molecular formula is C13H24ClN3O2. The van der Waals surface area contributed by atoms with Crippen LogP contribution in [0.15, 0.2) is 0 Å². The Hall–Kier alpha value is -0.810. The Morgan fingerprint density at radius 2 is 2.05 bits per heavy atom. The summed E-state index contributed by atoms with van der Waals surface area (Å²) in [7, 11) is 0. The van der Waals surface area contributed by atoms with Crippen LogP contribution in [0.2, 0.25) is 0 Å². The number of likely N-dealkylation sites (tertiary alicyclic amines) is 1. The van der Waals surface area contributed by atoms with Crippen LogP contribution < -0.4 is 11.1 Å². The molecule has 2 amide bonds. The van der Waals surface area contributed by atoms with E-state index < -0.39 is 0 Å². The Morgan fingerprint density at radius 1 is 1.32 bits per heavy atom. The first-order valence-electron chi connectivity index (χ1n) is 6.98. The second kappa shape index (κ2) is 7.70. The molecule has 1 saturated heterocycles. The van der Waals surface area contributed by atoms with Crippen LogP contribution in [0.4, 0.5) is 0 Å². The van der Waals surface area contributed by atoms with Crippen molar-refractivity contribution in [1.82, 2.24) is 10.2 Å². The van der Waals surface area contributed by atoms with Gasteiger partial charge < -0.3 is 16.0 Å². The maximum atomic E-state index is 11.9. The molecule has 0 aromatic carbocycles. The van der Waals surface area contributed by atoms with Crippen molar-refractivity contribution < 1.29 is 9.59 Å². The minimum atomic E-state index is -0.0319. The van der Waals surface area contributed by atoms with Gasteiger partial charge in [0.25, 0.3) is 0 Å². The summed E-state index contributed by atoms with van der Waals surface area (Å²) >= 11 is 0. The Morgan fingerprint density at radius 3 is 2.68 bits per heavy atom. The first kappa shape index (κ1) is 16.2. The van der Waals surface area contributed by atoms with Crippen LogP contribution in [0.3, 0.4) is 0 Å². The maximum Gasteiger partial charge on any atom is 0.239 e. The number of carbonyl (C=O) groups excluding carboxylic acids is 2. The van der Waals surface area contributed by atoms with Crippen LogP contribution in [0, 0.1) is 5.92 Å². The van der Waals surface area contributed by atoms with Gasteiger partial charge in [0.2, 0.25) is 11.8 Å². The zero-order valence-electron chi connectivity index (χ0n) is 11.3. The highest BCUT2D eigenvalue weighted by molar-refractivity contribution is 5.86. The molecular weight excluding hydrogens is 266 g/mol. The third-order valence-electron chi connectivity index (χ3n) is 4.06. The van der Waals surface area contributed by atoms with Gasteiger partial charge in [-0.05, 0) is 31.7 Å². The predicted octanol–water partition coefficient (Wildman–Crippen LogP) is 0.664. The van der Waals surface area contributed by atoms with Gasteiger partial charge in [-0.15, -0.1) is 12.4 Å². The topological polar surface area (TPSA) is 75.4 Å². The van der Waals surface area contributed by atoms with E-state index in [0.29, 0.717) is 18.9 Å². The standard InChI is InChI=1S/C13H23N3O2.ClH/c14-8-10-4-1-2-5-11(10)15-12(17)9-16-7-3-6-13(16)18;/h10-11H,1-9,14H2,(H,15,17);1H. The summed E-state index contributed by atoms with van der Waals surface area (Å²) in [5.41, 5.74) is 5.74. The van der Waals surface area contributed by atoms with Crippen molar-refractivity contribution in [2.45, 2.75) is 44.6 Å². The highest BCUT2D eigenvalue weighted by atomic mass is 35.5. The monoisotopic (exact) mass is 289 g/mol. The van der Waals surface area contributed by atoms with Gasteiger partial charge in [-0.1, -0.05) is 12.8 Å². The van der Waals surface area contributed by atoms with Gasteiger partial charge in [0.1, 0.15) is 0 Å². The number of rotatable bonds is 4. The second-order valence-electron chi connectivity index (χ2n) is 5.37. The molecule has 0 aromatic rings. The lowest BCUT2D eigenvalue weighted by atomic mass is 9.84. The van der Waals surface area contributed by atoms with E-state index in [-0.39, 0.29) is 36.8 Å². The minimum absolute atomic E-state index is 0. The number of carbonyl (C=O) groups is 2. The molecule has 19 heavy (non-hydrogen) atoms. The Kier molecular flexibility index (Phi) is 6.58. The molecule has 110 valence electrons. The van der Waals surface area contributed by atoms with Gasteiger partial charge in [0.15, 0.2) is 0 Å². The van der Waals surface area contributed by atoms with Gasteiger partial charge >= 0.3 is 0 Å². The summed E-state index contributed by atoms with van der Waals surface area (Å²) in [6.07, 6.45) is 5.94. The number of hydrogen-bond acceptors (Lipinski definition) is 3. The summed E-state index contributed by atoms with van der Waals surface area (Å²) in [5, 5.41) is 3.05. The molecule has 2 unspecified atom stereocenters. The van der Waals surface area contributed by atoms with Crippen LogP contribution in [-0.2, 0) is 9.59 Å². The van der Waals surface area contributed by atoms with Crippen LogP contribution in [0.5, 0.6) is 0 Å². The molecule has 2 rings (SSSR count). The van der Waals surface area contributed by atoms with Crippen molar-refractivity contribution in [1.29, 1.82) is 0 Å². The number of hydrogen-bond donors (Lipinski definition) is 2. The van der Waals surface area contributed by atoms with E-state index in [9.17, 15) is 9.59 Å². The number of nitrogens with two attached hydrogens (primary N) is 1. The van der Waals surface area contributed by atoms with Gasteiger partial charge in [0, 0.05) is 19.0 Å². The molecule has 3 N–H and O–H groups in total. The number of nitrogens with zero attached hydrogens (tertiary/aromatic N) is 1. The van der Waals surface area contributed by atoms with Crippen LogP contribution in [0.1, 0.15) is 38.5 Å². The lowest BCUT2D eigenvalue weighted by molar-refractivity contribution is -0.133. The van der Waals surface area contributed by atoms with Gasteiger partial charge in [-0.25, -0.2) is 0 Å². The van der Waals surface area contributed by atoms with Crippen LogP contribution in [-0.4, -0.2) is 42.4 Å². The zero-order valence-corrected chi connectivity index (χ0v) is 12.1. The Bertz CT molecular complexity index is 325. The zero-order chi connectivity index (χ0) is 13.0. The Balaban J connectivity index is 0.00000180. The quantitative estimate of drug-likeness (QED) is 0.798. The normalized spacial score (nSPS) is 27.0. The molecule has 2 aliphatic rings. The molecule has 1 aliphatic carbocycles. The third kappa shape index (κ3) is 4.35. The molecule has 1 aliphatic heterocycles. The average molecular weight is 290 g/mol. The van der Waals surface area contributed by atoms with E-state index in [1.54, 1.807) is 4.90 Å². The second-order valence-corrected chi connectivity index (χ2v) is 5.37. The smallest absolute Gasteiger partial charge is 0.239 e. The SMILES string of the molecule is Cl.NCC1CCCCC1NC(=O)CN1CCCC1=O. The van der Waals surface area contributed by atoms with E-state index in [0.717, 1.165) is 32.2 Å². The average Bonchev–Trinajstić information content (AvgIpc) is 2.75. The molecule has 2 fully saturated rings. The molecule has 0 radical (unpaired) electrons. The van der Waals surface area contributed by atoms with E-state index in [2.05, 4.69) is 5.32 Å². The van der Waals surface area contributed by atoms with Crippen molar-refractivity contribution >= 4 is 24.2 Å². The minimum Gasteiger partial charge on any atom is -0.352 e. The fourth-order valence-electron chi connectivity index (χ4n) is 2.98. The largest absolute Gasteiger partial charge is 0.352 e. The van der Waals surface area contributed by atoms with Crippen molar-refractivity contribution in [3.63, 3.8) is 0 Å². The van der Waals surface area contributed by atoms with Crippen molar-refractivity contribution in [3.8, 4) is 0 Å². The van der Waals surface area contributed by atoms with Crippen molar-refractivity contribution in [2.75, 3.05) is 19.6 Å². The first-order valence-corrected chi connectivity index (χ1v) is 6.98. The van der Waals surface area contributed by atoms with Gasteiger partial charge in [0.05, 0.1) is 6.54 Å². The summed E-state index contributed by atoms with van der Waals surface area (Å²) in [6, 6.07) is 0.203. The van der Waals surface area contributed by atoms with Crippen LogP contribution in [0.25, 0.3) is 0 Å². The number of nitrogens with one attached hydrogen (secondary N) is 1. The van der Waals surface area contributed by atoms with E-state index in [1.165, 1.54) is 6.42 Å². The molecule has 0 aromatic heterocycles. The molecule has 0 spiro atoms. The first-order chi connectivity index (χ1) is 8.70. The van der Waals surface area contributed by atoms with E-state index in [4.69, 9.17) is 5.73 Å². The lowest BCUT2D eigenvalue weighted by Gasteiger charge is -2.31. The van der Waals surface area contributed by atoms with Crippen molar-refractivity contribution in [2.24, 2.45) is 11.7 Å². The summed E-state index contributed by atoms with van der Waals surface area (Å²) < 4.78 is 0. The van der Waals surface area contributed by atoms with Crippen LogP contribution >= 0.6 is 12.4 Å².